The van der Waals surface area contributed by atoms with Gasteiger partial charge in [-0.2, -0.15) is 0 Å². The zero-order valence-corrected chi connectivity index (χ0v) is 9.92. The van der Waals surface area contributed by atoms with Gasteiger partial charge < -0.3 is 15.3 Å². The number of carbonyl (C=O) groups excluding carboxylic acids is 1. The molecule has 1 aliphatic heterocycles. The van der Waals surface area contributed by atoms with Gasteiger partial charge in [0.1, 0.15) is 0 Å². The Kier molecular flexibility index (Phi) is 4.11. The molecule has 1 fully saturated rings. The van der Waals surface area contributed by atoms with Crippen LogP contribution < -0.4 is 5.32 Å². The summed E-state index contributed by atoms with van der Waals surface area (Å²) in [5.74, 6) is 0.119. The van der Waals surface area contributed by atoms with Gasteiger partial charge in [0.25, 0.3) is 0 Å². The molecule has 1 amide bonds. The van der Waals surface area contributed by atoms with Crippen LogP contribution in [0, 0.1) is 0 Å². The fourth-order valence-electron chi connectivity index (χ4n) is 2.19. The van der Waals surface area contributed by atoms with Crippen molar-refractivity contribution < 1.29 is 9.90 Å². The van der Waals surface area contributed by atoms with Crippen LogP contribution in [0.2, 0.25) is 0 Å². The highest BCUT2D eigenvalue weighted by molar-refractivity contribution is 5.84. The molecule has 4 heteroatoms. The molecule has 0 saturated carbocycles. The monoisotopic (exact) mass is 214 g/mol. The second-order valence-electron chi connectivity index (χ2n) is 4.64. The molecule has 0 aliphatic carbocycles. The van der Waals surface area contributed by atoms with Gasteiger partial charge in [0, 0.05) is 13.1 Å². The fourth-order valence-corrected chi connectivity index (χ4v) is 2.19. The van der Waals surface area contributed by atoms with Gasteiger partial charge in [-0.3, -0.25) is 4.79 Å². The summed E-state index contributed by atoms with van der Waals surface area (Å²) in [6.45, 7) is 5.05. The first-order chi connectivity index (χ1) is 7.00. The van der Waals surface area contributed by atoms with Crippen molar-refractivity contribution in [2.24, 2.45) is 0 Å². The van der Waals surface area contributed by atoms with Gasteiger partial charge >= 0.3 is 0 Å². The maximum atomic E-state index is 11.8. The van der Waals surface area contributed by atoms with Crippen LogP contribution in [0.3, 0.4) is 0 Å². The van der Waals surface area contributed by atoms with E-state index in [1.54, 1.807) is 18.9 Å². The lowest BCUT2D eigenvalue weighted by Gasteiger charge is -2.28. The van der Waals surface area contributed by atoms with Gasteiger partial charge in [0.2, 0.25) is 5.91 Å². The normalized spacial score (nSPS) is 25.7. The molecule has 1 heterocycles. The van der Waals surface area contributed by atoms with Crippen molar-refractivity contribution in [2.75, 3.05) is 20.1 Å². The summed E-state index contributed by atoms with van der Waals surface area (Å²) >= 11 is 0. The van der Waals surface area contributed by atoms with Crippen LogP contribution in [0.25, 0.3) is 0 Å². The van der Waals surface area contributed by atoms with E-state index < -0.39 is 5.60 Å². The fraction of sp³-hybridized carbons (Fsp3) is 0.909. The number of amides is 1. The van der Waals surface area contributed by atoms with Crippen LogP contribution >= 0.6 is 0 Å². The van der Waals surface area contributed by atoms with Crippen molar-refractivity contribution in [3.8, 4) is 0 Å². The highest BCUT2D eigenvalue weighted by Crippen LogP contribution is 2.18. The Bertz CT molecular complexity index is 229. The van der Waals surface area contributed by atoms with Gasteiger partial charge in [-0.1, -0.05) is 13.3 Å². The Hall–Kier alpha value is -0.610. The minimum absolute atomic E-state index is 0.0533. The number of likely N-dealkylation sites (tertiary alicyclic amines) is 1. The summed E-state index contributed by atoms with van der Waals surface area (Å²) in [7, 11) is 1.80. The van der Waals surface area contributed by atoms with E-state index in [1.165, 1.54) is 0 Å². The molecule has 0 aromatic heterocycles. The number of hydrogen-bond donors (Lipinski definition) is 2. The summed E-state index contributed by atoms with van der Waals surface area (Å²) in [4.78, 5) is 13.5. The van der Waals surface area contributed by atoms with Crippen LogP contribution in [0.15, 0.2) is 0 Å². The van der Waals surface area contributed by atoms with E-state index in [0.717, 1.165) is 25.8 Å². The lowest BCUT2D eigenvalue weighted by Crippen LogP contribution is -2.44. The predicted octanol–water partition coefficient (Wildman–Crippen LogP) is 0.358. The molecule has 1 aliphatic rings. The average molecular weight is 214 g/mol. The van der Waals surface area contributed by atoms with E-state index in [1.807, 2.05) is 6.92 Å². The molecule has 1 rings (SSSR count). The number of likely N-dealkylation sites (N-methyl/N-ethyl adjacent to an activating group) is 1. The number of β-amino-alcohol motifs (C(OH)–C–C–N with tert-alkyl or cyclic N) is 1. The Labute approximate surface area is 91.6 Å². The van der Waals surface area contributed by atoms with Gasteiger partial charge in [0.05, 0.1) is 11.6 Å². The first kappa shape index (κ1) is 12.5. The molecule has 0 aromatic rings. The Morgan fingerprint density at radius 2 is 2.33 bits per heavy atom. The zero-order valence-electron chi connectivity index (χ0n) is 9.92. The lowest BCUT2D eigenvalue weighted by molar-refractivity contribution is -0.132. The molecular formula is C11H22N2O2. The molecule has 0 spiro atoms. The molecule has 88 valence electrons. The highest BCUT2D eigenvalue weighted by atomic mass is 16.3. The summed E-state index contributed by atoms with van der Waals surface area (Å²) in [6, 6.07) is -0.0533. The van der Waals surface area contributed by atoms with Crippen molar-refractivity contribution in [3.05, 3.63) is 0 Å². The van der Waals surface area contributed by atoms with Crippen LogP contribution in [-0.4, -0.2) is 47.7 Å². The largest absolute Gasteiger partial charge is 0.388 e. The van der Waals surface area contributed by atoms with E-state index in [9.17, 15) is 9.90 Å². The van der Waals surface area contributed by atoms with E-state index in [0.29, 0.717) is 6.54 Å². The molecular weight excluding hydrogens is 192 g/mol. The first-order valence-electron chi connectivity index (χ1n) is 5.68. The predicted molar refractivity (Wildman–Crippen MR) is 59.6 cm³/mol. The van der Waals surface area contributed by atoms with Crippen molar-refractivity contribution in [3.63, 3.8) is 0 Å². The molecule has 15 heavy (non-hydrogen) atoms. The van der Waals surface area contributed by atoms with Crippen LogP contribution in [0.1, 0.15) is 33.1 Å². The lowest BCUT2D eigenvalue weighted by atomic mass is 10.0. The number of carbonyl (C=O) groups is 1. The van der Waals surface area contributed by atoms with Gasteiger partial charge in [-0.05, 0) is 26.8 Å². The number of nitrogens with zero attached hydrogens (tertiary/aromatic N) is 1. The van der Waals surface area contributed by atoms with Crippen molar-refractivity contribution in [1.29, 1.82) is 0 Å². The molecule has 0 aromatic carbocycles. The van der Waals surface area contributed by atoms with Crippen molar-refractivity contribution in [2.45, 2.75) is 44.8 Å². The van der Waals surface area contributed by atoms with Crippen LogP contribution in [-0.2, 0) is 4.79 Å². The van der Waals surface area contributed by atoms with E-state index in [-0.39, 0.29) is 11.9 Å². The molecule has 2 atom stereocenters. The number of aliphatic hydroxyl groups is 1. The zero-order chi connectivity index (χ0) is 11.5. The second kappa shape index (κ2) is 4.94. The minimum Gasteiger partial charge on any atom is -0.388 e. The molecule has 2 unspecified atom stereocenters. The Morgan fingerprint density at radius 1 is 1.67 bits per heavy atom. The average Bonchev–Trinajstić information content (AvgIpc) is 2.47. The van der Waals surface area contributed by atoms with Gasteiger partial charge in [-0.25, -0.2) is 0 Å². The number of rotatable bonds is 5. The Morgan fingerprint density at radius 3 is 2.80 bits per heavy atom. The Balaban J connectivity index is 2.49. The third-order valence-electron chi connectivity index (χ3n) is 2.97. The molecule has 2 N–H and O–H groups in total. The van der Waals surface area contributed by atoms with Crippen LogP contribution in [0.4, 0.5) is 0 Å². The van der Waals surface area contributed by atoms with Crippen molar-refractivity contribution in [1.82, 2.24) is 10.2 Å². The molecule has 4 nitrogen and oxygen atoms in total. The maximum absolute atomic E-state index is 11.8. The van der Waals surface area contributed by atoms with Gasteiger partial charge in [0.15, 0.2) is 0 Å². The van der Waals surface area contributed by atoms with Crippen molar-refractivity contribution >= 4 is 5.91 Å². The summed E-state index contributed by atoms with van der Waals surface area (Å²) < 4.78 is 0. The van der Waals surface area contributed by atoms with Crippen LogP contribution in [0.5, 0.6) is 0 Å². The van der Waals surface area contributed by atoms with E-state index >= 15 is 0 Å². The second-order valence-corrected chi connectivity index (χ2v) is 4.64. The minimum atomic E-state index is -0.743. The van der Waals surface area contributed by atoms with Gasteiger partial charge in [-0.15, -0.1) is 0 Å². The quantitative estimate of drug-likeness (QED) is 0.694. The standard InChI is InChI=1S/C11H22N2O2/c1-4-6-11(2,15)8-13-7-5-9(12-3)10(13)14/h9,12,15H,4-8H2,1-3H3. The molecule has 1 saturated heterocycles. The van der Waals surface area contributed by atoms with E-state index in [2.05, 4.69) is 5.32 Å². The molecule has 0 radical (unpaired) electrons. The summed E-state index contributed by atoms with van der Waals surface area (Å²) in [5, 5.41) is 13.0. The summed E-state index contributed by atoms with van der Waals surface area (Å²) in [6.07, 6.45) is 2.52. The maximum Gasteiger partial charge on any atom is 0.239 e. The third-order valence-corrected chi connectivity index (χ3v) is 2.97. The number of nitrogens with one attached hydrogen (secondary N) is 1. The summed E-state index contributed by atoms with van der Waals surface area (Å²) in [5.41, 5.74) is -0.743. The first-order valence-corrected chi connectivity index (χ1v) is 5.68. The van der Waals surface area contributed by atoms with E-state index in [4.69, 9.17) is 0 Å². The molecule has 0 bridgehead atoms. The highest BCUT2D eigenvalue weighted by Gasteiger charge is 2.34. The third kappa shape index (κ3) is 3.18. The number of hydrogen-bond acceptors (Lipinski definition) is 3. The topological polar surface area (TPSA) is 52.6 Å². The smallest absolute Gasteiger partial charge is 0.239 e. The SMILES string of the molecule is CCCC(C)(O)CN1CCC(NC)C1=O.